The number of benzene rings is 1. The summed E-state index contributed by atoms with van der Waals surface area (Å²) in [5.74, 6) is -0.184. The Labute approximate surface area is 121 Å². The SMILES string of the molecule is Cc1c(Br)cccc1S(=O)(=O)N[C@H]1CCN(C)C1=O. The molecule has 1 atom stereocenters. The van der Waals surface area contributed by atoms with Gasteiger partial charge in [-0.3, -0.25) is 4.79 Å². The van der Waals surface area contributed by atoms with Gasteiger partial charge in [0, 0.05) is 18.1 Å². The van der Waals surface area contributed by atoms with Crippen molar-refractivity contribution in [3.63, 3.8) is 0 Å². The van der Waals surface area contributed by atoms with Gasteiger partial charge in [0.05, 0.1) is 4.90 Å². The highest BCUT2D eigenvalue weighted by Gasteiger charge is 2.33. The van der Waals surface area contributed by atoms with E-state index in [0.29, 0.717) is 18.5 Å². The van der Waals surface area contributed by atoms with E-state index in [1.54, 1.807) is 26.1 Å². The summed E-state index contributed by atoms with van der Waals surface area (Å²) in [7, 11) is -2.01. The van der Waals surface area contributed by atoms with Crippen LogP contribution in [0.2, 0.25) is 0 Å². The molecule has 0 spiro atoms. The molecule has 1 aliphatic heterocycles. The van der Waals surface area contributed by atoms with E-state index < -0.39 is 16.1 Å². The Morgan fingerprint density at radius 3 is 2.68 bits per heavy atom. The predicted octanol–water partition coefficient (Wildman–Crippen LogP) is 1.27. The second-order valence-electron chi connectivity index (χ2n) is 4.59. The Morgan fingerprint density at radius 1 is 1.42 bits per heavy atom. The first-order valence-electron chi connectivity index (χ1n) is 5.85. The van der Waals surface area contributed by atoms with Crippen molar-refractivity contribution >= 4 is 31.9 Å². The number of amides is 1. The van der Waals surface area contributed by atoms with Crippen molar-refractivity contribution in [2.24, 2.45) is 0 Å². The van der Waals surface area contributed by atoms with Gasteiger partial charge in [0.25, 0.3) is 0 Å². The number of likely N-dealkylation sites (N-methyl/N-ethyl adjacent to an activating group) is 1. The zero-order valence-corrected chi connectivity index (χ0v) is 13.1. The van der Waals surface area contributed by atoms with Crippen LogP contribution in [0, 0.1) is 6.92 Å². The molecule has 0 aromatic heterocycles. The lowest BCUT2D eigenvalue weighted by molar-refractivity contribution is -0.127. The van der Waals surface area contributed by atoms with E-state index in [0.717, 1.165) is 4.47 Å². The fraction of sp³-hybridized carbons (Fsp3) is 0.417. The molecular formula is C12H15BrN2O3S. The van der Waals surface area contributed by atoms with Gasteiger partial charge in [-0.15, -0.1) is 0 Å². The number of carbonyl (C=O) groups is 1. The molecule has 7 heteroatoms. The van der Waals surface area contributed by atoms with E-state index in [1.165, 1.54) is 11.0 Å². The highest BCUT2D eigenvalue weighted by atomic mass is 79.9. The van der Waals surface area contributed by atoms with Crippen molar-refractivity contribution in [1.82, 2.24) is 9.62 Å². The number of sulfonamides is 1. The number of hydrogen-bond donors (Lipinski definition) is 1. The lowest BCUT2D eigenvalue weighted by Crippen LogP contribution is -2.40. The summed E-state index contributed by atoms with van der Waals surface area (Å²) in [6, 6.07) is 4.32. The zero-order valence-electron chi connectivity index (χ0n) is 10.7. The molecule has 1 aromatic carbocycles. The standard InChI is InChI=1S/C12H15BrN2O3S/c1-8-9(13)4-3-5-11(8)19(17,18)14-10-6-7-15(2)12(10)16/h3-5,10,14H,6-7H2,1-2H3/t10-/m0/s1. The Kier molecular flexibility index (Phi) is 3.98. The van der Waals surface area contributed by atoms with Gasteiger partial charge in [0.2, 0.25) is 15.9 Å². The van der Waals surface area contributed by atoms with Crippen molar-refractivity contribution in [1.29, 1.82) is 0 Å². The maximum Gasteiger partial charge on any atom is 0.241 e. The Balaban J connectivity index is 2.29. The van der Waals surface area contributed by atoms with Crippen LogP contribution in [0.1, 0.15) is 12.0 Å². The lowest BCUT2D eigenvalue weighted by Gasteiger charge is -2.14. The fourth-order valence-corrected chi connectivity index (χ4v) is 4.05. The van der Waals surface area contributed by atoms with Gasteiger partial charge >= 0.3 is 0 Å². The van der Waals surface area contributed by atoms with Crippen molar-refractivity contribution in [3.05, 3.63) is 28.2 Å². The average Bonchev–Trinajstić information content (AvgIpc) is 2.64. The summed E-state index contributed by atoms with van der Waals surface area (Å²) in [5, 5.41) is 0. The zero-order chi connectivity index (χ0) is 14.2. The third-order valence-corrected chi connectivity index (χ3v) is 5.71. The van der Waals surface area contributed by atoms with Crippen LogP contribution in [0.4, 0.5) is 0 Å². The van der Waals surface area contributed by atoms with Gasteiger partial charge in [-0.25, -0.2) is 8.42 Å². The van der Waals surface area contributed by atoms with Crippen LogP contribution in [0.15, 0.2) is 27.6 Å². The molecule has 1 amide bonds. The van der Waals surface area contributed by atoms with E-state index in [1.807, 2.05) is 0 Å². The van der Waals surface area contributed by atoms with Gasteiger partial charge in [0.15, 0.2) is 0 Å². The molecule has 0 aliphatic carbocycles. The van der Waals surface area contributed by atoms with E-state index in [2.05, 4.69) is 20.7 Å². The Bertz CT molecular complexity index is 615. The lowest BCUT2D eigenvalue weighted by atomic mass is 10.2. The molecule has 5 nitrogen and oxygen atoms in total. The quantitative estimate of drug-likeness (QED) is 0.896. The van der Waals surface area contributed by atoms with Crippen molar-refractivity contribution in [2.45, 2.75) is 24.3 Å². The largest absolute Gasteiger partial charge is 0.344 e. The second-order valence-corrected chi connectivity index (χ2v) is 7.12. The van der Waals surface area contributed by atoms with Gasteiger partial charge < -0.3 is 4.90 Å². The molecule has 1 saturated heterocycles. The minimum Gasteiger partial charge on any atom is -0.344 e. The molecule has 0 bridgehead atoms. The molecule has 19 heavy (non-hydrogen) atoms. The Morgan fingerprint density at radius 2 is 2.11 bits per heavy atom. The average molecular weight is 347 g/mol. The van der Waals surface area contributed by atoms with E-state index in [-0.39, 0.29) is 10.8 Å². The minimum atomic E-state index is -3.68. The number of carbonyl (C=O) groups excluding carboxylic acids is 1. The maximum absolute atomic E-state index is 12.3. The molecule has 1 fully saturated rings. The summed E-state index contributed by atoms with van der Waals surface area (Å²) in [4.78, 5) is 13.5. The van der Waals surface area contributed by atoms with Crippen LogP contribution < -0.4 is 4.72 Å². The Hall–Kier alpha value is -0.920. The molecular weight excluding hydrogens is 332 g/mol. The second kappa shape index (κ2) is 5.22. The van der Waals surface area contributed by atoms with Crippen LogP contribution >= 0.6 is 15.9 Å². The van der Waals surface area contributed by atoms with Crippen LogP contribution in [-0.2, 0) is 14.8 Å². The topological polar surface area (TPSA) is 66.5 Å². The highest BCUT2D eigenvalue weighted by Crippen LogP contribution is 2.24. The highest BCUT2D eigenvalue weighted by molar-refractivity contribution is 9.10. The molecule has 0 unspecified atom stereocenters. The molecule has 0 radical (unpaired) electrons. The van der Waals surface area contributed by atoms with E-state index in [4.69, 9.17) is 0 Å². The van der Waals surface area contributed by atoms with Gasteiger partial charge in [-0.1, -0.05) is 22.0 Å². The van der Waals surface area contributed by atoms with Crippen LogP contribution in [0.25, 0.3) is 0 Å². The van der Waals surface area contributed by atoms with Gasteiger partial charge in [-0.2, -0.15) is 4.72 Å². The number of rotatable bonds is 3. The summed E-state index contributed by atoms with van der Waals surface area (Å²) in [5.41, 5.74) is 0.633. The first kappa shape index (κ1) is 14.5. The predicted molar refractivity (Wildman–Crippen MR) is 75.2 cm³/mol. The third-order valence-electron chi connectivity index (χ3n) is 3.23. The van der Waals surface area contributed by atoms with Crippen molar-refractivity contribution in [2.75, 3.05) is 13.6 Å². The molecule has 1 aliphatic rings. The van der Waals surface area contributed by atoms with Crippen molar-refractivity contribution in [3.8, 4) is 0 Å². The van der Waals surface area contributed by atoms with Crippen LogP contribution in [-0.4, -0.2) is 38.9 Å². The van der Waals surface area contributed by atoms with Crippen LogP contribution in [0.5, 0.6) is 0 Å². The van der Waals surface area contributed by atoms with Gasteiger partial charge in [-0.05, 0) is 31.0 Å². The van der Waals surface area contributed by atoms with Crippen molar-refractivity contribution < 1.29 is 13.2 Å². The number of likely N-dealkylation sites (tertiary alicyclic amines) is 1. The molecule has 104 valence electrons. The number of nitrogens with one attached hydrogen (secondary N) is 1. The van der Waals surface area contributed by atoms with Gasteiger partial charge in [0.1, 0.15) is 6.04 Å². The van der Waals surface area contributed by atoms with Crippen LogP contribution in [0.3, 0.4) is 0 Å². The molecule has 2 rings (SSSR count). The number of hydrogen-bond acceptors (Lipinski definition) is 3. The first-order valence-corrected chi connectivity index (χ1v) is 8.13. The monoisotopic (exact) mass is 346 g/mol. The maximum atomic E-state index is 12.3. The first-order chi connectivity index (χ1) is 8.83. The molecule has 1 aromatic rings. The number of nitrogens with zero attached hydrogens (tertiary/aromatic N) is 1. The summed E-state index contributed by atoms with van der Waals surface area (Å²) in [6.07, 6.45) is 0.502. The fourth-order valence-electron chi connectivity index (χ4n) is 2.06. The number of halogens is 1. The molecule has 1 N–H and O–H groups in total. The minimum absolute atomic E-state index is 0.184. The smallest absolute Gasteiger partial charge is 0.241 e. The third kappa shape index (κ3) is 2.82. The molecule has 0 saturated carbocycles. The normalized spacial score (nSPS) is 20.1. The van der Waals surface area contributed by atoms with E-state index >= 15 is 0 Å². The van der Waals surface area contributed by atoms with E-state index in [9.17, 15) is 13.2 Å². The molecule has 1 heterocycles. The summed E-state index contributed by atoms with van der Waals surface area (Å²) >= 11 is 3.31. The summed E-state index contributed by atoms with van der Waals surface area (Å²) < 4.78 is 27.8. The summed E-state index contributed by atoms with van der Waals surface area (Å²) in [6.45, 7) is 2.30.